The lowest BCUT2D eigenvalue weighted by atomic mass is 9.91. The smallest absolute Gasteiger partial charge is 0.180 e. The number of aromatic nitrogens is 1. The summed E-state index contributed by atoms with van der Waals surface area (Å²) in [5.74, 6) is 2.37. The molecular formula is C23H27N3O3. The van der Waals surface area contributed by atoms with Gasteiger partial charge in [-0.1, -0.05) is 29.4 Å². The minimum absolute atomic E-state index is 0.0490. The molecule has 0 spiro atoms. The second kappa shape index (κ2) is 8.05. The molecule has 1 unspecified atom stereocenters. The summed E-state index contributed by atoms with van der Waals surface area (Å²) in [6.07, 6.45) is 2.35. The van der Waals surface area contributed by atoms with Gasteiger partial charge in [-0.15, -0.1) is 0 Å². The molecule has 3 heterocycles. The third-order valence-electron chi connectivity index (χ3n) is 6.23. The van der Waals surface area contributed by atoms with Crippen molar-refractivity contribution in [2.45, 2.75) is 25.5 Å². The topological polar surface area (TPSA) is 62.0 Å². The number of piperazine rings is 1. The predicted octanol–water partition coefficient (Wildman–Crippen LogP) is 3.30. The van der Waals surface area contributed by atoms with Gasteiger partial charge >= 0.3 is 0 Å². The number of nitrogens with zero attached hydrogens (tertiary/aromatic N) is 3. The van der Waals surface area contributed by atoms with E-state index in [0.717, 1.165) is 60.9 Å². The molecule has 0 saturated carbocycles. The Hall–Kier alpha value is -2.57. The fourth-order valence-corrected chi connectivity index (χ4v) is 4.63. The minimum atomic E-state index is 0.0490. The molecule has 2 aliphatic heterocycles. The Kier molecular flexibility index (Phi) is 5.12. The fourth-order valence-electron chi connectivity index (χ4n) is 4.63. The Morgan fingerprint density at radius 1 is 1.07 bits per heavy atom. The van der Waals surface area contributed by atoms with Crippen molar-refractivity contribution >= 4 is 16.8 Å². The van der Waals surface area contributed by atoms with Gasteiger partial charge in [0.25, 0.3) is 0 Å². The molecule has 2 aromatic carbocycles. The first-order chi connectivity index (χ1) is 14.3. The number of hydrogen-bond donors (Lipinski definition) is 1. The van der Waals surface area contributed by atoms with Crippen LogP contribution in [0.1, 0.15) is 18.4 Å². The van der Waals surface area contributed by atoms with Crippen LogP contribution in [0, 0.1) is 5.92 Å². The zero-order chi connectivity index (χ0) is 19.6. The number of para-hydroxylation sites is 1. The summed E-state index contributed by atoms with van der Waals surface area (Å²) in [5, 5.41) is 14.7. The van der Waals surface area contributed by atoms with E-state index >= 15 is 0 Å². The van der Waals surface area contributed by atoms with Crippen molar-refractivity contribution in [1.82, 2.24) is 10.1 Å². The largest absolute Gasteiger partial charge is 0.493 e. The van der Waals surface area contributed by atoms with Gasteiger partial charge in [-0.05, 0) is 42.7 Å². The van der Waals surface area contributed by atoms with Crippen LogP contribution >= 0.6 is 0 Å². The number of aliphatic hydroxyl groups excluding tert-OH is 1. The van der Waals surface area contributed by atoms with Crippen LogP contribution in [0.2, 0.25) is 0 Å². The van der Waals surface area contributed by atoms with Gasteiger partial charge in [-0.25, -0.2) is 0 Å². The van der Waals surface area contributed by atoms with E-state index < -0.39 is 0 Å². The number of ether oxygens (including phenoxy) is 1. The van der Waals surface area contributed by atoms with Crippen LogP contribution in [0.5, 0.6) is 5.75 Å². The quantitative estimate of drug-likeness (QED) is 0.718. The lowest BCUT2D eigenvalue weighted by Gasteiger charge is -2.46. The molecule has 0 bridgehead atoms. The Bertz CT molecular complexity index is 973. The fraction of sp³-hybridized carbons (Fsp3) is 0.435. The molecule has 3 aromatic rings. The molecule has 1 aromatic heterocycles. The van der Waals surface area contributed by atoms with Gasteiger partial charge in [0.2, 0.25) is 0 Å². The Balaban J connectivity index is 1.18. The SMILES string of the molecule is OCc1cccc(OCC2CC[C@H]3CN(c4noc5ccccc45)CCN3C2)c1. The monoisotopic (exact) mass is 393 g/mol. The maximum absolute atomic E-state index is 9.28. The zero-order valence-electron chi connectivity index (χ0n) is 16.5. The molecule has 152 valence electrons. The van der Waals surface area contributed by atoms with Gasteiger partial charge in [-0.2, -0.15) is 0 Å². The van der Waals surface area contributed by atoms with Gasteiger partial charge in [0, 0.05) is 38.1 Å². The third kappa shape index (κ3) is 3.82. The maximum atomic E-state index is 9.28. The van der Waals surface area contributed by atoms with Crippen LogP contribution in [0.4, 0.5) is 5.82 Å². The summed E-state index contributed by atoms with van der Waals surface area (Å²) in [7, 11) is 0. The normalized spacial score (nSPS) is 22.6. The number of rotatable bonds is 5. The van der Waals surface area contributed by atoms with Gasteiger partial charge in [0.05, 0.1) is 18.6 Å². The summed E-state index contributed by atoms with van der Waals surface area (Å²) in [5.41, 5.74) is 1.75. The standard InChI is InChI=1S/C23H27N3O3/c27-15-17-4-3-5-20(12-17)28-16-18-8-9-19-14-26(11-10-25(19)13-18)23-21-6-1-2-7-22(21)29-24-23/h1-7,12,18-19,27H,8-11,13-16H2/t18?,19-/m0/s1. The van der Waals surface area contributed by atoms with Crippen molar-refractivity contribution in [2.24, 2.45) is 5.92 Å². The first-order valence-corrected chi connectivity index (χ1v) is 10.5. The van der Waals surface area contributed by atoms with Gasteiger partial charge in [0.1, 0.15) is 5.75 Å². The zero-order valence-corrected chi connectivity index (χ0v) is 16.5. The first-order valence-electron chi connectivity index (χ1n) is 10.5. The number of piperidine rings is 1. The van der Waals surface area contributed by atoms with E-state index in [9.17, 15) is 5.11 Å². The van der Waals surface area contributed by atoms with Crippen molar-refractivity contribution in [3.05, 3.63) is 54.1 Å². The molecule has 5 rings (SSSR count). The number of anilines is 1. The number of benzene rings is 2. The van der Waals surface area contributed by atoms with E-state index in [1.807, 2.05) is 42.5 Å². The molecule has 29 heavy (non-hydrogen) atoms. The molecule has 1 N–H and O–H groups in total. The molecule has 2 fully saturated rings. The van der Waals surface area contributed by atoms with E-state index in [4.69, 9.17) is 9.26 Å². The highest BCUT2D eigenvalue weighted by molar-refractivity contribution is 5.88. The number of hydrogen-bond acceptors (Lipinski definition) is 6. The molecule has 0 amide bonds. The molecule has 6 nitrogen and oxygen atoms in total. The van der Waals surface area contributed by atoms with Crippen molar-refractivity contribution in [3.8, 4) is 5.75 Å². The highest BCUT2D eigenvalue weighted by Gasteiger charge is 2.34. The Labute approximate surface area is 170 Å². The second-order valence-electron chi connectivity index (χ2n) is 8.16. The van der Waals surface area contributed by atoms with E-state index in [-0.39, 0.29) is 6.61 Å². The average Bonchev–Trinajstić information content (AvgIpc) is 3.21. The summed E-state index contributed by atoms with van der Waals surface area (Å²) in [6, 6.07) is 16.4. The average molecular weight is 393 g/mol. The van der Waals surface area contributed by atoms with Crippen LogP contribution in [-0.4, -0.2) is 54.0 Å². The number of aliphatic hydroxyl groups is 1. The molecular weight excluding hydrogens is 366 g/mol. The van der Waals surface area contributed by atoms with Crippen molar-refractivity contribution in [1.29, 1.82) is 0 Å². The van der Waals surface area contributed by atoms with Crippen LogP contribution < -0.4 is 9.64 Å². The highest BCUT2D eigenvalue weighted by Crippen LogP contribution is 2.31. The van der Waals surface area contributed by atoms with E-state index in [1.54, 1.807) is 0 Å². The second-order valence-corrected chi connectivity index (χ2v) is 8.16. The summed E-state index contributed by atoms with van der Waals surface area (Å²) < 4.78 is 11.5. The van der Waals surface area contributed by atoms with Crippen molar-refractivity contribution in [3.63, 3.8) is 0 Å². The van der Waals surface area contributed by atoms with E-state index in [0.29, 0.717) is 12.0 Å². The molecule has 2 aliphatic rings. The molecule has 0 aliphatic carbocycles. The molecule has 2 saturated heterocycles. The lowest BCUT2D eigenvalue weighted by molar-refractivity contribution is 0.0726. The molecule has 0 radical (unpaired) electrons. The summed E-state index contributed by atoms with van der Waals surface area (Å²) in [6.45, 7) is 4.88. The number of fused-ring (bicyclic) bond motifs is 2. The van der Waals surface area contributed by atoms with Gasteiger partial charge in [-0.3, -0.25) is 4.90 Å². The van der Waals surface area contributed by atoms with Gasteiger partial charge < -0.3 is 19.3 Å². The van der Waals surface area contributed by atoms with Crippen molar-refractivity contribution < 1.29 is 14.4 Å². The predicted molar refractivity (Wildman–Crippen MR) is 112 cm³/mol. The van der Waals surface area contributed by atoms with E-state index in [2.05, 4.69) is 21.0 Å². The van der Waals surface area contributed by atoms with Gasteiger partial charge in [0.15, 0.2) is 11.4 Å². The summed E-state index contributed by atoms with van der Waals surface area (Å²) >= 11 is 0. The van der Waals surface area contributed by atoms with Crippen LogP contribution in [0.25, 0.3) is 11.0 Å². The molecule has 2 atom stereocenters. The minimum Gasteiger partial charge on any atom is -0.493 e. The lowest BCUT2D eigenvalue weighted by Crippen LogP contribution is -2.57. The van der Waals surface area contributed by atoms with E-state index in [1.165, 1.54) is 12.8 Å². The van der Waals surface area contributed by atoms with Crippen LogP contribution in [0.15, 0.2) is 53.1 Å². The maximum Gasteiger partial charge on any atom is 0.180 e. The Morgan fingerprint density at radius 2 is 2.00 bits per heavy atom. The van der Waals surface area contributed by atoms with Crippen LogP contribution in [-0.2, 0) is 6.61 Å². The highest BCUT2D eigenvalue weighted by atomic mass is 16.5. The van der Waals surface area contributed by atoms with Crippen molar-refractivity contribution in [2.75, 3.05) is 37.7 Å². The summed E-state index contributed by atoms with van der Waals surface area (Å²) in [4.78, 5) is 4.99. The third-order valence-corrected chi connectivity index (χ3v) is 6.23. The first kappa shape index (κ1) is 18.5. The molecule has 6 heteroatoms. The Morgan fingerprint density at radius 3 is 2.93 bits per heavy atom. The van der Waals surface area contributed by atoms with Crippen LogP contribution in [0.3, 0.4) is 0 Å².